The maximum Gasteiger partial charge on any atom is 0.333 e. The lowest BCUT2D eigenvalue weighted by atomic mass is 10.2. The molecule has 0 heterocycles. The van der Waals surface area contributed by atoms with Gasteiger partial charge in [0.05, 0.1) is 25.6 Å². The van der Waals surface area contributed by atoms with Crippen LogP contribution in [0.25, 0.3) is 0 Å². The minimum Gasteiger partial charge on any atom is -0.501 e. The SMILES string of the molecule is CC(C)CO/C=C/C(=O)OCC(C)C. The molecular weight excluding hydrogens is 180 g/mol. The molecule has 0 fully saturated rings. The number of rotatable bonds is 6. The molecule has 3 heteroatoms. The summed E-state index contributed by atoms with van der Waals surface area (Å²) in [5.74, 6) is 0.484. The van der Waals surface area contributed by atoms with Gasteiger partial charge in [-0.25, -0.2) is 4.79 Å². The number of carbonyl (C=O) groups excluding carboxylic acids is 1. The van der Waals surface area contributed by atoms with E-state index >= 15 is 0 Å². The summed E-state index contributed by atoms with van der Waals surface area (Å²) < 4.78 is 10.00. The third-order valence-electron chi connectivity index (χ3n) is 1.29. The van der Waals surface area contributed by atoms with Gasteiger partial charge in [-0.05, 0) is 11.8 Å². The van der Waals surface area contributed by atoms with Crippen LogP contribution in [0.4, 0.5) is 0 Å². The van der Waals surface area contributed by atoms with E-state index in [9.17, 15) is 4.79 Å². The minimum atomic E-state index is -0.345. The first-order chi connectivity index (χ1) is 6.52. The molecule has 0 bridgehead atoms. The number of hydrogen-bond acceptors (Lipinski definition) is 3. The Hall–Kier alpha value is -0.990. The maximum atomic E-state index is 11.0. The van der Waals surface area contributed by atoms with Crippen molar-refractivity contribution in [1.29, 1.82) is 0 Å². The Morgan fingerprint density at radius 2 is 1.71 bits per heavy atom. The number of ether oxygens (including phenoxy) is 2. The molecule has 0 aliphatic heterocycles. The molecule has 0 amide bonds. The summed E-state index contributed by atoms with van der Waals surface area (Å²) in [6.07, 6.45) is 2.70. The zero-order valence-corrected chi connectivity index (χ0v) is 9.45. The quantitative estimate of drug-likeness (QED) is 0.375. The highest BCUT2D eigenvalue weighted by atomic mass is 16.5. The van der Waals surface area contributed by atoms with Crippen molar-refractivity contribution in [3.63, 3.8) is 0 Å². The van der Waals surface area contributed by atoms with Crippen molar-refractivity contribution in [2.45, 2.75) is 27.7 Å². The summed E-state index contributed by atoms with van der Waals surface area (Å²) in [6.45, 7) is 9.15. The van der Waals surface area contributed by atoms with Crippen LogP contribution in [0.2, 0.25) is 0 Å². The van der Waals surface area contributed by atoms with Gasteiger partial charge in [0.15, 0.2) is 0 Å². The standard InChI is InChI=1S/C11H20O3/c1-9(2)7-13-6-5-11(12)14-8-10(3)4/h5-6,9-10H,7-8H2,1-4H3/b6-5+. The average Bonchev–Trinajstić information content (AvgIpc) is 2.08. The molecule has 14 heavy (non-hydrogen) atoms. The van der Waals surface area contributed by atoms with Crippen LogP contribution in [0.1, 0.15) is 27.7 Å². The normalized spacial score (nSPS) is 11.3. The first-order valence-corrected chi connectivity index (χ1v) is 4.97. The highest BCUT2D eigenvalue weighted by Crippen LogP contribution is 1.95. The minimum absolute atomic E-state index is 0.345. The molecule has 0 saturated heterocycles. The topological polar surface area (TPSA) is 35.5 Å². The van der Waals surface area contributed by atoms with Crippen LogP contribution in [-0.2, 0) is 14.3 Å². The van der Waals surface area contributed by atoms with Gasteiger partial charge in [0.1, 0.15) is 0 Å². The zero-order valence-electron chi connectivity index (χ0n) is 9.45. The number of esters is 1. The van der Waals surface area contributed by atoms with Crippen LogP contribution in [0.5, 0.6) is 0 Å². The Morgan fingerprint density at radius 1 is 1.14 bits per heavy atom. The molecule has 0 saturated carbocycles. The molecule has 3 nitrogen and oxygen atoms in total. The van der Waals surface area contributed by atoms with Crippen LogP contribution in [0.15, 0.2) is 12.3 Å². The summed E-state index contributed by atoms with van der Waals surface area (Å²) in [6, 6.07) is 0. The summed E-state index contributed by atoms with van der Waals surface area (Å²) in [4.78, 5) is 11.0. The van der Waals surface area contributed by atoms with Gasteiger partial charge < -0.3 is 9.47 Å². The van der Waals surface area contributed by atoms with Crippen molar-refractivity contribution in [1.82, 2.24) is 0 Å². The third-order valence-corrected chi connectivity index (χ3v) is 1.29. The fourth-order valence-corrected chi connectivity index (χ4v) is 0.649. The molecular formula is C11H20O3. The largest absolute Gasteiger partial charge is 0.501 e. The first kappa shape index (κ1) is 13.0. The van der Waals surface area contributed by atoms with Crippen LogP contribution in [0.3, 0.4) is 0 Å². The molecule has 0 rings (SSSR count). The summed E-state index contributed by atoms with van der Waals surface area (Å²) in [5, 5.41) is 0. The smallest absolute Gasteiger partial charge is 0.333 e. The lowest BCUT2D eigenvalue weighted by Gasteiger charge is -2.05. The van der Waals surface area contributed by atoms with E-state index in [1.807, 2.05) is 27.7 Å². The first-order valence-electron chi connectivity index (χ1n) is 4.97. The molecule has 0 N–H and O–H groups in total. The van der Waals surface area contributed by atoms with Gasteiger partial charge in [-0.3, -0.25) is 0 Å². The van der Waals surface area contributed by atoms with E-state index in [1.54, 1.807) is 0 Å². The predicted octanol–water partition coefficient (Wildman–Crippen LogP) is 2.37. The van der Waals surface area contributed by atoms with Gasteiger partial charge in [0.2, 0.25) is 0 Å². The van der Waals surface area contributed by atoms with Crippen molar-refractivity contribution in [2.24, 2.45) is 11.8 Å². The zero-order chi connectivity index (χ0) is 11.0. The third kappa shape index (κ3) is 9.10. The van der Waals surface area contributed by atoms with Gasteiger partial charge in [0, 0.05) is 0 Å². The van der Waals surface area contributed by atoms with E-state index in [-0.39, 0.29) is 5.97 Å². The van der Waals surface area contributed by atoms with Crippen LogP contribution in [-0.4, -0.2) is 19.2 Å². The number of carbonyl (C=O) groups is 1. The highest BCUT2D eigenvalue weighted by Gasteiger charge is 1.99. The fourth-order valence-electron chi connectivity index (χ4n) is 0.649. The van der Waals surface area contributed by atoms with Crippen molar-refractivity contribution in [2.75, 3.05) is 13.2 Å². The molecule has 0 aromatic rings. The van der Waals surface area contributed by atoms with Crippen molar-refractivity contribution >= 4 is 5.97 Å². The molecule has 0 aliphatic rings. The Balaban J connectivity index is 3.51. The molecule has 0 spiro atoms. The van der Waals surface area contributed by atoms with Crippen LogP contribution >= 0.6 is 0 Å². The van der Waals surface area contributed by atoms with Gasteiger partial charge in [-0.1, -0.05) is 27.7 Å². The predicted molar refractivity (Wildman–Crippen MR) is 55.7 cm³/mol. The van der Waals surface area contributed by atoms with E-state index in [4.69, 9.17) is 9.47 Å². The van der Waals surface area contributed by atoms with Gasteiger partial charge in [-0.15, -0.1) is 0 Å². The summed E-state index contributed by atoms with van der Waals surface area (Å²) in [7, 11) is 0. The van der Waals surface area contributed by atoms with Crippen molar-refractivity contribution < 1.29 is 14.3 Å². The highest BCUT2D eigenvalue weighted by molar-refractivity contribution is 5.81. The Kier molecular flexibility index (Phi) is 6.89. The monoisotopic (exact) mass is 200 g/mol. The lowest BCUT2D eigenvalue weighted by Crippen LogP contribution is -2.07. The second kappa shape index (κ2) is 7.42. The van der Waals surface area contributed by atoms with Crippen LogP contribution in [0, 0.1) is 11.8 Å². The second-order valence-electron chi connectivity index (χ2n) is 4.05. The molecule has 82 valence electrons. The van der Waals surface area contributed by atoms with E-state index in [1.165, 1.54) is 12.3 Å². The molecule has 0 radical (unpaired) electrons. The molecule has 0 atom stereocenters. The van der Waals surface area contributed by atoms with E-state index in [0.717, 1.165) is 0 Å². The summed E-state index contributed by atoms with van der Waals surface area (Å²) in [5.41, 5.74) is 0. The second-order valence-corrected chi connectivity index (χ2v) is 4.05. The average molecular weight is 200 g/mol. The molecule has 0 unspecified atom stereocenters. The van der Waals surface area contributed by atoms with E-state index in [0.29, 0.717) is 25.0 Å². The lowest BCUT2D eigenvalue weighted by molar-refractivity contribution is -0.138. The van der Waals surface area contributed by atoms with E-state index in [2.05, 4.69) is 0 Å². The molecule has 0 aliphatic carbocycles. The Morgan fingerprint density at radius 3 is 2.21 bits per heavy atom. The molecule has 0 aromatic carbocycles. The number of hydrogen-bond donors (Lipinski definition) is 0. The van der Waals surface area contributed by atoms with Crippen molar-refractivity contribution in [3.8, 4) is 0 Å². The Labute approximate surface area is 86.1 Å². The maximum absolute atomic E-state index is 11.0. The van der Waals surface area contributed by atoms with Gasteiger partial charge in [-0.2, -0.15) is 0 Å². The van der Waals surface area contributed by atoms with Crippen molar-refractivity contribution in [3.05, 3.63) is 12.3 Å². The van der Waals surface area contributed by atoms with Crippen LogP contribution < -0.4 is 0 Å². The molecule has 0 aromatic heterocycles. The van der Waals surface area contributed by atoms with Gasteiger partial charge in [0.25, 0.3) is 0 Å². The van der Waals surface area contributed by atoms with E-state index < -0.39 is 0 Å². The van der Waals surface area contributed by atoms with Gasteiger partial charge >= 0.3 is 5.97 Å². The summed E-state index contributed by atoms with van der Waals surface area (Å²) >= 11 is 0. The Bertz CT molecular complexity index is 183. The fraction of sp³-hybridized carbons (Fsp3) is 0.727.